The largest absolute Gasteiger partial charge is 0.353 e. The number of carbonyl (C=O) groups is 3. The Hall–Kier alpha value is -3.49. The van der Waals surface area contributed by atoms with Crippen molar-refractivity contribution < 1.29 is 14.4 Å². The number of carbonyl (C=O) groups excluding carboxylic acids is 3. The van der Waals surface area contributed by atoms with Crippen molar-refractivity contribution in [2.24, 2.45) is 5.92 Å². The lowest BCUT2D eigenvalue weighted by molar-refractivity contribution is -0.121. The van der Waals surface area contributed by atoms with Crippen LogP contribution < -0.4 is 21.5 Å². The summed E-state index contributed by atoms with van der Waals surface area (Å²) in [5, 5.41) is 8.18. The highest BCUT2D eigenvalue weighted by molar-refractivity contribution is 5.96. The highest BCUT2D eigenvalue weighted by Gasteiger charge is 2.29. The number of anilines is 1. The fraction of sp³-hybridized carbons (Fsp3) is 0.381. The monoisotopic (exact) mass is 411 g/mol. The van der Waals surface area contributed by atoms with E-state index in [1.165, 1.54) is 17.0 Å². The predicted molar refractivity (Wildman–Crippen MR) is 111 cm³/mol. The normalized spacial score (nSPS) is 12.8. The molecule has 1 heterocycles. The van der Waals surface area contributed by atoms with Crippen LogP contribution in [0.4, 0.5) is 5.69 Å². The average molecular weight is 411 g/mol. The summed E-state index contributed by atoms with van der Waals surface area (Å²) in [7, 11) is 0. The smallest absolute Gasteiger partial charge is 0.253 e. The Balaban J connectivity index is 1.38. The molecule has 1 aliphatic carbocycles. The summed E-state index contributed by atoms with van der Waals surface area (Å²) in [6, 6.07) is 8.06. The molecule has 9 nitrogen and oxygen atoms in total. The second kappa shape index (κ2) is 9.82. The van der Waals surface area contributed by atoms with Crippen LogP contribution in [0.25, 0.3) is 0 Å². The standard InChI is InChI=1S/C21H25N5O4/c1-2-16-11-19(28)26(13-24-16)12-18(27)22-9-10-23-20(29)14-5-7-17(8-6-14)25-21(30)15-3-4-15/h5-8,11,13,15H,2-4,9-10,12H2,1H3,(H,22,27)(H,23,29)(H,25,30). The number of hydrogen-bond donors (Lipinski definition) is 3. The van der Waals surface area contributed by atoms with E-state index >= 15 is 0 Å². The average Bonchev–Trinajstić information content (AvgIpc) is 3.58. The fourth-order valence-corrected chi connectivity index (χ4v) is 2.76. The van der Waals surface area contributed by atoms with Gasteiger partial charge in [-0.2, -0.15) is 0 Å². The molecule has 3 N–H and O–H groups in total. The van der Waals surface area contributed by atoms with Crippen LogP contribution in [-0.4, -0.2) is 40.4 Å². The molecule has 1 aromatic heterocycles. The fourth-order valence-electron chi connectivity index (χ4n) is 2.76. The summed E-state index contributed by atoms with van der Waals surface area (Å²) in [5.74, 6) is -0.482. The number of aryl methyl sites for hydroxylation is 1. The first-order chi connectivity index (χ1) is 14.5. The molecular formula is C21H25N5O4. The van der Waals surface area contributed by atoms with Gasteiger partial charge in [-0.3, -0.25) is 23.7 Å². The minimum absolute atomic E-state index is 0.0160. The molecule has 2 aromatic rings. The van der Waals surface area contributed by atoms with E-state index in [1.54, 1.807) is 24.3 Å². The highest BCUT2D eigenvalue weighted by atomic mass is 16.2. The summed E-state index contributed by atoms with van der Waals surface area (Å²) >= 11 is 0. The van der Waals surface area contributed by atoms with Crippen molar-refractivity contribution in [3.63, 3.8) is 0 Å². The van der Waals surface area contributed by atoms with Crippen molar-refractivity contribution in [3.05, 3.63) is 58.3 Å². The van der Waals surface area contributed by atoms with Crippen LogP contribution >= 0.6 is 0 Å². The number of rotatable bonds is 9. The summed E-state index contributed by atoms with van der Waals surface area (Å²) < 4.78 is 1.23. The van der Waals surface area contributed by atoms with Crippen molar-refractivity contribution >= 4 is 23.4 Å². The molecule has 9 heteroatoms. The van der Waals surface area contributed by atoms with Gasteiger partial charge < -0.3 is 16.0 Å². The molecule has 30 heavy (non-hydrogen) atoms. The quantitative estimate of drug-likeness (QED) is 0.525. The molecule has 1 aromatic carbocycles. The first kappa shape index (κ1) is 21.2. The van der Waals surface area contributed by atoms with Gasteiger partial charge in [-0.05, 0) is 43.5 Å². The Labute approximate surface area is 173 Å². The van der Waals surface area contributed by atoms with Gasteiger partial charge >= 0.3 is 0 Å². The van der Waals surface area contributed by atoms with Gasteiger partial charge in [-0.15, -0.1) is 0 Å². The lowest BCUT2D eigenvalue weighted by atomic mass is 10.2. The van der Waals surface area contributed by atoms with Gasteiger partial charge in [-0.25, -0.2) is 4.98 Å². The van der Waals surface area contributed by atoms with E-state index < -0.39 is 0 Å². The van der Waals surface area contributed by atoms with Crippen LogP contribution in [0.15, 0.2) is 41.5 Å². The van der Waals surface area contributed by atoms with Crippen LogP contribution in [0.1, 0.15) is 35.8 Å². The number of aromatic nitrogens is 2. The van der Waals surface area contributed by atoms with Gasteiger partial charge in [0.25, 0.3) is 11.5 Å². The molecule has 0 saturated heterocycles. The summed E-state index contributed by atoms with van der Waals surface area (Å²) in [6.07, 6.45) is 3.88. The third kappa shape index (κ3) is 6.00. The molecule has 0 radical (unpaired) electrons. The highest BCUT2D eigenvalue weighted by Crippen LogP contribution is 2.30. The molecule has 0 bridgehead atoms. The van der Waals surface area contributed by atoms with Gasteiger partial charge in [0.2, 0.25) is 11.8 Å². The van der Waals surface area contributed by atoms with Gasteiger partial charge in [0.1, 0.15) is 6.54 Å². The van der Waals surface area contributed by atoms with Gasteiger partial charge in [0, 0.05) is 42.0 Å². The van der Waals surface area contributed by atoms with Crippen LogP contribution in [0.2, 0.25) is 0 Å². The molecule has 3 amide bonds. The van der Waals surface area contributed by atoms with E-state index in [4.69, 9.17) is 0 Å². The summed E-state index contributed by atoms with van der Waals surface area (Å²) in [5.41, 5.74) is 1.52. The Bertz CT molecular complexity index is 980. The Morgan fingerprint density at radius 2 is 1.80 bits per heavy atom. The van der Waals surface area contributed by atoms with E-state index in [-0.39, 0.29) is 48.8 Å². The van der Waals surface area contributed by atoms with Gasteiger partial charge in [0.05, 0.1) is 6.33 Å². The molecule has 0 unspecified atom stereocenters. The maximum Gasteiger partial charge on any atom is 0.253 e. The van der Waals surface area contributed by atoms with Gasteiger partial charge in [-0.1, -0.05) is 6.92 Å². The predicted octanol–water partition coefficient (Wildman–Crippen LogP) is 0.700. The molecule has 0 aliphatic heterocycles. The third-order valence-electron chi connectivity index (χ3n) is 4.71. The number of benzene rings is 1. The SMILES string of the molecule is CCc1cc(=O)n(CC(=O)NCCNC(=O)c2ccc(NC(=O)C3CC3)cc2)cn1. The van der Waals surface area contributed by atoms with Crippen LogP contribution in [-0.2, 0) is 22.6 Å². The van der Waals surface area contributed by atoms with Crippen LogP contribution in [0, 0.1) is 5.92 Å². The molecular weight excluding hydrogens is 386 g/mol. The topological polar surface area (TPSA) is 122 Å². The zero-order valence-corrected chi connectivity index (χ0v) is 16.8. The maximum absolute atomic E-state index is 12.2. The molecule has 158 valence electrons. The molecule has 0 spiro atoms. The van der Waals surface area contributed by atoms with E-state index in [9.17, 15) is 19.2 Å². The molecule has 3 rings (SSSR count). The Kier molecular flexibility index (Phi) is 6.95. The van der Waals surface area contributed by atoms with Gasteiger partial charge in [0.15, 0.2) is 0 Å². The van der Waals surface area contributed by atoms with Crippen LogP contribution in [0.5, 0.6) is 0 Å². The lowest BCUT2D eigenvalue weighted by Gasteiger charge is -2.09. The second-order valence-corrected chi connectivity index (χ2v) is 7.15. The zero-order valence-electron chi connectivity index (χ0n) is 16.8. The summed E-state index contributed by atoms with van der Waals surface area (Å²) in [4.78, 5) is 51.9. The number of hydrogen-bond acceptors (Lipinski definition) is 5. The zero-order chi connectivity index (χ0) is 21.5. The lowest BCUT2D eigenvalue weighted by Crippen LogP contribution is -2.37. The van der Waals surface area contributed by atoms with E-state index in [1.807, 2.05) is 6.92 Å². The van der Waals surface area contributed by atoms with E-state index in [0.717, 1.165) is 12.8 Å². The maximum atomic E-state index is 12.2. The number of nitrogens with zero attached hydrogens (tertiary/aromatic N) is 2. The van der Waals surface area contributed by atoms with Crippen molar-refractivity contribution in [1.29, 1.82) is 0 Å². The first-order valence-electron chi connectivity index (χ1n) is 9.97. The Morgan fingerprint density at radius 1 is 1.10 bits per heavy atom. The molecule has 0 atom stereocenters. The van der Waals surface area contributed by atoms with E-state index in [2.05, 4.69) is 20.9 Å². The van der Waals surface area contributed by atoms with Crippen molar-refractivity contribution in [2.45, 2.75) is 32.7 Å². The van der Waals surface area contributed by atoms with Crippen LogP contribution in [0.3, 0.4) is 0 Å². The molecule has 1 fully saturated rings. The number of amides is 3. The van der Waals surface area contributed by atoms with Crippen molar-refractivity contribution in [3.8, 4) is 0 Å². The number of nitrogens with one attached hydrogen (secondary N) is 3. The first-order valence-corrected chi connectivity index (χ1v) is 9.97. The summed E-state index contributed by atoms with van der Waals surface area (Å²) in [6.45, 7) is 2.24. The molecule has 1 saturated carbocycles. The van der Waals surface area contributed by atoms with E-state index in [0.29, 0.717) is 23.4 Å². The minimum Gasteiger partial charge on any atom is -0.353 e. The molecule has 1 aliphatic rings. The van der Waals surface area contributed by atoms with Crippen molar-refractivity contribution in [2.75, 3.05) is 18.4 Å². The second-order valence-electron chi connectivity index (χ2n) is 7.15. The Morgan fingerprint density at radius 3 is 2.43 bits per heavy atom. The van der Waals surface area contributed by atoms with Crippen molar-refractivity contribution in [1.82, 2.24) is 20.2 Å². The third-order valence-corrected chi connectivity index (χ3v) is 4.71. The minimum atomic E-state index is -0.340.